The summed E-state index contributed by atoms with van der Waals surface area (Å²) in [5.74, 6) is 0.115. The summed E-state index contributed by atoms with van der Waals surface area (Å²) < 4.78 is 0. The third kappa shape index (κ3) is 3.29. The second-order valence-electron chi connectivity index (χ2n) is 4.62. The van der Waals surface area contributed by atoms with E-state index in [1.807, 2.05) is 6.92 Å². The fourth-order valence-corrected chi connectivity index (χ4v) is 2.00. The smallest absolute Gasteiger partial charge is 0.222 e. The molecular weight excluding hydrogens is 176 g/mol. The van der Waals surface area contributed by atoms with Gasteiger partial charge >= 0.3 is 0 Å². The Bertz CT molecular complexity index is 197. The summed E-state index contributed by atoms with van der Waals surface area (Å²) in [6, 6.07) is 0.271. The lowest BCUT2D eigenvalue weighted by Crippen LogP contribution is -2.43. The van der Waals surface area contributed by atoms with E-state index < -0.39 is 0 Å². The first-order valence-electron chi connectivity index (χ1n) is 5.64. The molecule has 0 saturated heterocycles. The van der Waals surface area contributed by atoms with Crippen molar-refractivity contribution in [1.82, 2.24) is 5.32 Å². The van der Waals surface area contributed by atoms with Gasteiger partial charge in [0.2, 0.25) is 5.91 Å². The van der Waals surface area contributed by atoms with Crippen LogP contribution in [0.2, 0.25) is 0 Å². The highest BCUT2D eigenvalue weighted by atomic mass is 16.1. The summed E-state index contributed by atoms with van der Waals surface area (Å²) in [5.41, 5.74) is 5.91. The molecule has 1 unspecified atom stereocenters. The Morgan fingerprint density at radius 2 is 2.07 bits per heavy atom. The minimum Gasteiger partial charge on any atom is -0.354 e. The molecule has 3 nitrogen and oxygen atoms in total. The molecule has 0 spiro atoms. The number of carbonyl (C=O) groups excluding carboxylic acids is 1. The van der Waals surface area contributed by atoms with Gasteiger partial charge in [-0.1, -0.05) is 19.8 Å². The molecule has 1 aliphatic rings. The van der Waals surface area contributed by atoms with Crippen LogP contribution in [0, 0.1) is 0 Å². The van der Waals surface area contributed by atoms with E-state index in [9.17, 15) is 4.79 Å². The summed E-state index contributed by atoms with van der Waals surface area (Å²) in [6.07, 6.45) is 5.82. The molecule has 14 heavy (non-hydrogen) atoms. The highest BCUT2D eigenvalue weighted by Gasteiger charge is 2.31. The average Bonchev–Trinajstić information content (AvgIpc) is 2.51. The van der Waals surface area contributed by atoms with Crippen molar-refractivity contribution in [3.8, 4) is 0 Å². The molecule has 1 aliphatic carbocycles. The lowest BCUT2D eigenvalue weighted by Gasteiger charge is -2.23. The van der Waals surface area contributed by atoms with E-state index in [-0.39, 0.29) is 17.5 Å². The maximum Gasteiger partial charge on any atom is 0.222 e. The fraction of sp³-hybridized carbons (Fsp3) is 0.909. The molecule has 82 valence electrons. The van der Waals surface area contributed by atoms with E-state index in [0.717, 1.165) is 19.3 Å². The lowest BCUT2D eigenvalue weighted by molar-refractivity contribution is -0.122. The highest BCUT2D eigenvalue weighted by Crippen LogP contribution is 2.29. The van der Waals surface area contributed by atoms with Gasteiger partial charge in [0.15, 0.2) is 0 Å². The average molecular weight is 198 g/mol. The van der Waals surface area contributed by atoms with E-state index >= 15 is 0 Å². The van der Waals surface area contributed by atoms with Crippen LogP contribution < -0.4 is 11.1 Å². The third-order valence-corrected chi connectivity index (χ3v) is 3.13. The van der Waals surface area contributed by atoms with Crippen molar-refractivity contribution in [2.45, 2.75) is 64.0 Å². The number of nitrogens with two attached hydrogens (primary N) is 1. The van der Waals surface area contributed by atoms with Crippen LogP contribution in [-0.4, -0.2) is 17.5 Å². The molecule has 3 N–H and O–H groups in total. The summed E-state index contributed by atoms with van der Waals surface area (Å²) in [7, 11) is 0. The largest absolute Gasteiger partial charge is 0.354 e. The first-order chi connectivity index (χ1) is 6.56. The Morgan fingerprint density at radius 3 is 2.57 bits per heavy atom. The zero-order valence-corrected chi connectivity index (χ0v) is 9.31. The van der Waals surface area contributed by atoms with Crippen molar-refractivity contribution in [3.63, 3.8) is 0 Å². The SMILES string of the molecule is CCC(C)NC(=O)CC1(N)CCCC1. The Hall–Kier alpha value is -0.570. The minimum absolute atomic E-state index is 0.115. The molecule has 0 heterocycles. The van der Waals surface area contributed by atoms with Crippen molar-refractivity contribution in [3.05, 3.63) is 0 Å². The molecular formula is C11H22N2O. The second kappa shape index (κ2) is 4.78. The van der Waals surface area contributed by atoms with E-state index in [4.69, 9.17) is 5.73 Å². The van der Waals surface area contributed by atoms with Crippen LogP contribution in [0.3, 0.4) is 0 Å². The molecule has 1 atom stereocenters. The van der Waals surface area contributed by atoms with Crippen LogP contribution in [0.5, 0.6) is 0 Å². The topological polar surface area (TPSA) is 55.1 Å². The second-order valence-corrected chi connectivity index (χ2v) is 4.62. The molecule has 1 amide bonds. The number of hydrogen-bond acceptors (Lipinski definition) is 2. The molecule has 1 fully saturated rings. The normalized spacial score (nSPS) is 21.9. The lowest BCUT2D eigenvalue weighted by atomic mass is 9.94. The summed E-state index contributed by atoms with van der Waals surface area (Å²) in [6.45, 7) is 4.09. The van der Waals surface area contributed by atoms with Gasteiger partial charge in [-0.15, -0.1) is 0 Å². The standard InChI is InChI=1S/C11H22N2O/c1-3-9(2)13-10(14)8-11(12)6-4-5-7-11/h9H,3-8,12H2,1-2H3,(H,13,14). The predicted molar refractivity (Wildman–Crippen MR) is 57.9 cm³/mol. The van der Waals surface area contributed by atoms with Gasteiger partial charge in [-0.3, -0.25) is 4.79 Å². The van der Waals surface area contributed by atoms with E-state index in [1.54, 1.807) is 0 Å². The maximum absolute atomic E-state index is 11.6. The van der Waals surface area contributed by atoms with Crippen molar-refractivity contribution < 1.29 is 4.79 Å². The van der Waals surface area contributed by atoms with Crippen LogP contribution in [-0.2, 0) is 4.79 Å². The Balaban J connectivity index is 2.32. The molecule has 0 aliphatic heterocycles. The van der Waals surface area contributed by atoms with Gasteiger partial charge in [-0.25, -0.2) is 0 Å². The van der Waals surface area contributed by atoms with E-state index in [0.29, 0.717) is 6.42 Å². The molecule has 0 bridgehead atoms. The number of nitrogens with one attached hydrogen (secondary N) is 1. The van der Waals surface area contributed by atoms with Gasteiger partial charge in [0.25, 0.3) is 0 Å². The Kier molecular flexibility index (Phi) is 3.93. The zero-order chi connectivity index (χ0) is 10.6. The summed E-state index contributed by atoms with van der Waals surface area (Å²) in [5, 5.41) is 2.96. The molecule has 0 aromatic heterocycles. The molecule has 0 radical (unpaired) electrons. The van der Waals surface area contributed by atoms with Crippen molar-refractivity contribution in [2.24, 2.45) is 5.73 Å². The molecule has 1 rings (SSSR count). The Morgan fingerprint density at radius 1 is 1.50 bits per heavy atom. The zero-order valence-electron chi connectivity index (χ0n) is 9.31. The van der Waals surface area contributed by atoms with E-state index in [2.05, 4.69) is 12.2 Å². The van der Waals surface area contributed by atoms with Crippen LogP contribution in [0.25, 0.3) is 0 Å². The predicted octanol–water partition coefficient (Wildman–Crippen LogP) is 1.56. The van der Waals surface area contributed by atoms with Crippen LogP contribution in [0.15, 0.2) is 0 Å². The van der Waals surface area contributed by atoms with Gasteiger partial charge in [0, 0.05) is 18.0 Å². The van der Waals surface area contributed by atoms with Crippen LogP contribution in [0.4, 0.5) is 0 Å². The number of carbonyl (C=O) groups is 1. The minimum atomic E-state index is -0.211. The van der Waals surface area contributed by atoms with Gasteiger partial charge in [-0.05, 0) is 26.2 Å². The first kappa shape index (κ1) is 11.5. The first-order valence-corrected chi connectivity index (χ1v) is 5.64. The highest BCUT2D eigenvalue weighted by molar-refractivity contribution is 5.77. The van der Waals surface area contributed by atoms with Crippen molar-refractivity contribution in [2.75, 3.05) is 0 Å². The molecule has 1 saturated carbocycles. The number of amides is 1. The van der Waals surface area contributed by atoms with E-state index in [1.165, 1.54) is 12.8 Å². The van der Waals surface area contributed by atoms with Crippen LogP contribution >= 0.6 is 0 Å². The van der Waals surface area contributed by atoms with Gasteiger partial charge in [-0.2, -0.15) is 0 Å². The monoisotopic (exact) mass is 198 g/mol. The molecule has 0 aromatic carbocycles. The fourth-order valence-electron chi connectivity index (χ4n) is 2.00. The number of rotatable bonds is 4. The van der Waals surface area contributed by atoms with Crippen LogP contribution in [0.1, 0.15) is 52.4 Å². The van der Waals surface area contributed by atoms with Crippen molar-refractivity contribution in [1.29, 1.82) is 0 Å². The maximum atomic E-state index is 11.6. The van der Waals surface area contributed by atoms with Crippen molar-refractivity contribution >= 4 is 5.91 Å². The third-order valence-electron chi connectivity index (χ3n) is 3.13. The Labute approximate surface area is 86.4 Å². The quantitative estimate of drug-likeness (QED) is 0.720. The number of hydrogen-bond donors (Lipinski definition) is 2. The van der Waals surface area contributed by atoms with Gasteiger partial charge in [0.1, 0.15) is 0 Å². The van der Waals surface area contributed by atoms with Gasteiger partial charge < -0.3 is 11.1 Å². The summed E-state index contributed by atoms with van der Waals surface area (Å²) in [4.78, 5) is 11.6. The molecule has 0 aromatic rings. The molecule has 3 heteroatoms. The van der Waals surface area contributed by atoms with Gasteiger partial charge in [0.05, 0.1) is 0 Å². The summed E-state index contributed by atoms with van der Waals surface area (Å²) >= 11 is 0.